The molecule has 0 heterocycles. The third-order valence-corrected chi connectivity index (χ3v) is 3.26. The van der Waals surface area contributed by atoms with Crippen LogP contribution in [0.3, 0.4) is 0 Å². The van der Waals surface area contributed by atoms with Gasteiger partial charge < -0.3 is 10.1 Å². The van der Waals surface area contributed by atoms with Crippen molar-refractivity contribution in [3.8, 4) is 0 Å². The molecule has 1 N–H and O–H groups in total. The van der Waals surface area contributed by atoms with Crippen LogP contribution in [-0.4, -0.2) is 23.5 Å². The van der Waals surface area contributed by atoms with Crippen LogP contribution >= 0.6 is 0 Å². The smallest absolute Gasteiger partial charge is 0.408 e. The summed E-state index contributed by atoms with van der Waals surface area (Å²) in [5.41, 5.74) is -0.533. The molecular formula is C14H25NO3. The molecule has 1 aliphatic carbocycles. The minimum Gasteiger partial charge on any atom is -0.444 e. The predicted octanol–water partition coefficient (Wildman–Crippen LogP) is 2.90. The highest BCUT2D eigenvalue weighted by Gasteiger charge is 2.31. The number of hydrogen-bond acceptors (Lipinski definition) is 3. The van der Waals surface area contributed by atoms with Crippen LogP contribution in [0.1, 0.15) is 53.9 Å². The summed E-state index contributed by atoms with van der Waals surface area (Å²) in [6, 6.07) is -0.463. The van der Waals surface area contributed by atoms with Crippen LogP contribution in [0.5, 0.6) is 0 Å². The number of hydrogen-bond donors (Lipinski definition) is 1. The van der Waals surface area contributed by atoms with E-state index in [0.29, 0.717) is 5.92 Å². The maximum absolute atomic E-state index is 12.1. The summed E-state index contributed by atoms with van der Waals surface area (Å²) in [5, 5.41) is 2.62. The second-order valence-electron chi connectivity index (χ2n) is 6.39. The molecule has 2 unspecified atom stereocenters. The van der Waals surface area contributed by atoms with Crippen molar-refractivity contribution in [1.82, 2.24) is 5.32 Å². The highest BCUT2D eigenvalue weighted by atomic mass is 16.6. The minimum absolute atomic E-state index is 0.102. The van der Waals surface area contributed by atoms with Crippen molar-refractivity contribution in [3.05, 3.63) is 0 Å². The summed E-state index contributed by atoms with van der Waals surface area (Å²) >= 11 is 0. The lowest BCUT2D eigenvalue weighted by atomic mass is 9.96. The molecule has 1 saturated carbocycles. The fourth-order valence-corrected chi connectivity index (χ4v) is 2.37. The van der Waals surface area contributed by atoms with E-state index in [1.54, 1.807) is 27.7 Å². The van der Waals surface area contributed by atoms with Crippen molar-refractivity contribution in [2.45, 2.75) is 65.5 Å². The number of carbonyl (C=O) groups excluding carboxylic acids is 2. The standard InChI is InChI=1S/C14H25NO3/c1-9-6-7-11(8-9)12(16)10(2)15-13(17)18-14(3,4)5/h9-11H,6-8H2,1-5H3,(H,15,17)/t9?,10-,11?/m1/s1. The van der Waals surface area contributed by atoms with E-state index in [9.17, 15) is 9.59 Å². The van der Waals surface area contributed by atoms with E-state index in [1.807, 2.05) is 0 Å². The summed E-state index contributed by atoms with van der Waals surface area (Å²) in [6.45, 7) is 9.31. The topological polar surface area (TPSA) is 55.4 Å². The number of amides is 1. The zero-order valence-electron chi connectivity index (χ0n) is 12.1. The van der Waals surface area contributed by atoms with E-state index in [1.165, 1.54) is 0 Å². The normalized spacial score (nSPS) is 25.6. The molecule has 1 amide bonds. The van der Waals surface area contributed by atoms with Gasteiger partial charge in [0, 0.05) is 5.92 Å². The average Bonchev–Trinajstić information content (AvgIpc) is 2.60. The molecule has 0 aromatic carbocycles. The van der Waals surface area contributed by atoms with E-state index in [-0.39, 0.29) is 11.7 Å². The molecule has 0 aromatic rings. The molecule has 0 bridgehead atoms. The largest absolute Gasteiger partial charge is 0.444 e. The second kappa shape index (κ2) is 5.72. The highest BCUT2D eigenvalue weighted by molar-refractivity contribution is 5.89. The zero-order chi connectivity index (χ0) is 13.9. The number of alkyl carbamates (subject to hydrolysis) is 1. The molecule has 4 heteroatoms. The lowest BCUT2D eigenvalue weighted by Crippen LogP contribution is -2.43. The minimum atomic E-state index is -0.533. The Kier molecular flexibility index (Phi) is 4.77. The maximum Gasteiger partial charge on any atom is 0.408 e. The van der Waals surface area contributed by atoms with E-state index in [2.05, 4.69) is 12.2 Å². The predicted molar refractivity (Wildman–Crippen MR) is 70.3 cm³/mol. The van der Waals surface area contributed by atoms with Crippen LogP contribution in [-0.2, 0) is 9.53 Å². The van der Waals surface area contributed by atoms with Gasteiger partial charge in [-0.2, -0.15) is 0 Å². The van der Waals surface area contributed by atoms with Crippen molar-refractivity contribution < 1.29 is 14.3 Å². The zero-order valence-corrected chi connectivity index (χ0v) is 12.1. The van der Waals surface area contributed by atoms with E-state index in [0.717, 1.165) is 19.3 Å². The molecule has 104 valence electrons. The summed E-state index contributed by atoms with van der Waals surface area (Å²) in [5.74, 6) is 0.850. The Morgan fingerprint density at radius 1 is 1.28 bits per heavy atom. The van der Waals surface area contributed by atoms with Crippen LogP contribution in [0.2, 0.25) is 0 Å². The monoisotopic (exact) mass is 255 g/mol. The number of Topliss-reactive ketones (excluding diaryl/α,β-unsaturated/α-hetero) is 1. The number of carbonyl (C=O) groups is 2. The molecule has 3 atom stereocenters. The van der Waals surface area contributed by atoms with Crippen LogP contribution in [0.15, 0.2) is 0 Å². The summed E-state index contributed by atoms with van der Waals surface area (Å²) in [4.78, 5) is 23.7. The number of ether oxygens (including phenoxy) is 1. The summed E-state index contributed by atoms with van der Waals surface area (Å²) in [7, 11) is 0. The highest BCUT2D eigenvalue weighted by Crippen LogP contribution is 2.31. The molecule has 1 aliphatic rings. The fraction of sp³-hybridized carbons (Fsp3) is 0.857. The average molecular weight is 255 g/mol. The van der Waals surface area contributed by atoms with Crippen molar-refractivity contribution >= 4 is 11.9 Å². The van der Waals surface area contributed by atoms with E-state index < -0.39 is 17.7 Å². The first kappa shape index (κ1) is 15.0. The second-order valence-corrected chi connectivity index (χ2v) is 6.39. The maximum atomic E-state index is 12.1. The van der Waals surface area contributed by atoms with Crippen molar-refractivity contribution in [3.63, 3.8) is 0 Å². The van der Waals surface area contributed by atoms with Gasteiger partial charge in [0.15, 0.2) is 5.78 Å². The Hall–Kier alpha value is -1.06. The summed E-state index contributed by atoms with van der Waals surface area (Å²) in [6.07, 6.45) is 2.48. The quantitative estimate of drug-likeness (QED) is 0.843. The molecule has 4 nitrogen and oxygen atoms in total. The molecule has 1 fully saturated rings. The van der Waals surface area contributed by atoms with Gasteiger partial charge >= 0.3 is 6.09 Å². The van der Waals surface area contributed by atoms with Gasteiger partial charge in [0.1, 0.15) is 5.60 Å². The Morgan fingerprint density at radius 2 is 1.89 bits per heavy atom. The van der Waals surface area contributed by atoms with Gasteiger partial charge in [-0.1, -0.05) is 6.92 Å². The Labute approximate surface area is 109 Å². The first-order chi connectivity index (χ1) is 8.19. The SMILES string of the molecule is CC1CCC(C(=O)[C@@H](C)NC(=O)OC(C)(C)C)C1. The lowest BCUT2D eigenvalue weighted by molar-refractivity contribution is -0.124. The van der Waals surface area contributed by atoms with Crippen LogP contribution in [0.4, 0.5) is 4.79 Å². The van der Waals surface area contributed by atoms with Crippen molar-refractivity contribution in [2.24, 2.45) is 11.8 Å². The van der Waals surface area contributed by atoms with Gasteiger partial charge in [0.05, 0.1) is 6.04 Å². The summed E-state index contributed by atoms with van der Waals surface area (Å²) < 4.78 is 5.14. The number of rotatable bonds is 3. The molecule has 1 rings (SSSR count). The molecule has 0 saturated heterocycles. The van der Waals surface area contributed by atoms with Gasteiger partial charge in [-0.25, -0.2) is 4.79 Å². The number of ketones is 1. The molecule has 0 radical (unpaired) electrons. The van der Waals surface area contributed by atoms with E-state index >= 15 is 0 Å². The molecule has 18 heavy (non-hydrogen) atoms. The Balaban J connectivity index is 2.43. The van der Waals surface area contributed by atoms with Gasteiger partial charge in [0.2, 0.25) is 0 Å². The van der Waals surface area contributed by atoms with Crippen molar-refractivity contribution in [2.75, 3.05) is 0 Å². The molecule has 0 aliphatic heterocycles. The van der Waals surface area contributed by atoms with Crippen LogP contribution < -0.4 is 5.32 Å². The number of nitrogens with one attached hydrogen (secondary N) is 1. The van der Waals surface area contributed by atoms with Crippen molar-refractivity contribution in [1.29, 1.82) is 0 Å². The third-order valence-electron chi connectivity index (χ3n) is 3.26. The van der Waals surface area contributed by atoms with Gasteiger partial charge in [-0.3, -0.25) is 4.79 Å². The molecule has 0 spiro atoms. The van der Waals surface area contributed by atoms with Gasteiger partial charge in [-0.05, 0) is 52.9 Å². The molecular weight excluding hydrogens is 230 g/mol. The lowest BCUT2D eigenvalue weighted by Gasteiger charge is -2.22. The Bertz CT molecular complexity index is 319. The van der Waals surface area contributed by atoms with Crippen LogP contribution in [0.25, 0.3) is 0 Å². The van der Waals surface area contributed by atoms with Gasteiger partial charge in [0.25, 0.3) is 0 Å². The van der Waals surface area contributed by atoms with Gasteiger partial charge in [-0.15, -0.1) is 0 Å². The van der Waals surface area contributed by atoms with E-state index in [4.69, 9.17) is 4.74 Å². The fourth-order valence-electron chi connectivity index (χ4n) is 2.37. The third kappa shape index (κ3) is 4.67. The first-order valence-corrected chi connectivity index (χ1v) is 6.72. The van der Waals surface area contributed by atoms with Crippen LogP contribution in [0, 0.1) is 11.8 Å². The first-order valence-electron chi connectivity index (χ1n) is 6.72. The Morgan fingerprint density at radius 3 is 2.33 bits per heavy atom. The molecule has 0 aromatic heterocycles.